The molecule has 0 saturated heterocycles. The predicted molar refractivity (Wildman–Crippen MR) is 127 cm³/mol. The van der Waals surface area contributed by atoms with Crippen molar-refractivity contribution in [2.75, 3.05) is 19.6 Å². The fourth-order valence-corrected chi connectivity index (χ4v) is 4.00. The third kappa shape index (κ3) is 3.63. The average Bonchev–Trinajstić information content (AvgIpc) is 3.61. The Balaban J connectivity index is 1.18. The Labute approximate surface area is 185 Å². The van der Waals surface area contributed by atoms with Crippen molar-refractivity contribution in [1.29, 1.82) is 0 Å². The maximum Gasteiger partial charge on any atom is 0.138 e. The lowest BCUT2D eigenvalue weighted by molar-refractivity contribution is 0.482. The molecule has 1 unspecified atom stereocenters. The average molecular weight is 422 g/mol. The number of nitrogens with zero attached hydrogens (tertiary/aromatic N) is 3. The summed E-state index contributed by atoms with van der Waals surface area (Å²) in [5.74, 6) is 3.36. The van der Waals surface area contributed by atoms with Gasteiger partial charge in [0.25, 0.3) is 0 Å². The highest BCUT2D eigenvalue weighted by atomic mass is 16.5. The first-order valence-electron chi connectivity index (χ1n) is 10.7. The van der Waals surface area contributed by atoms with Gasteiger partial charge in [-0.15, -0.1) is 0 Å². The smallest absolute Gasteiger partial charge is 0.138 e. The number of aliphatic imine (C=N–C) groups is 2. The number of ether oxygens (including phenoxy) is 1. The van der Waals surface area contributed by atoms with Gasteiger partial charge in [-0.2, -0.15) is 0 Å². The topological polar surface area (TPSA) is 86.7 Å². The van der Waals surface area contributed by atoms with Crippen molar-refractivity contribution in [2.24, 2.45) is 9.98 Å². The van der Waals surface area contributed by atoms with E-state index < -0.39 is 0 Å². The summed E-state index contributed by atoms with van der Waals surface area (Å²) in [6.07, 6.45) is 1.95. The standard InChI is InChI=1S/C25H22N6O/c1-6-19(7-2-16(1)23-26-11-12-27-23)32-20-8-3-17(4-9-20)25-30-21-10-5-18(15-22(21)31-25)24-28-13-14-29-24/h1-11,15,23,27H,12-14H2,(H,28,29)(H,30,31). The summed E-state index contributed by atoms with van der Waals surface area (Å²) in [6.45, 7) is 2.53. The van der Waals surface area contributed by atoms with Crippen LogP contribution in [0.4, 0.5) is 0 Å². The fourth-order valence-electron chi connectivity index (χ4n) is 4.00. The molecule has 0 aliphatic carbocycles. The van der Waals surface area contributed by atoms with E-state index in [-0.39, 0.29) is 6.17 Å². The lowest BCUT2D eigenvalue weighted by atomic mass is 10.1. The molecule has 2 aliphatic rings. The molecule has 0 fully saturated rings. The Kier molecular flexibility index (Phi) is 4.66. The van der Waals surface area contributed by atoms with E-state index in [0.717, 1.165) is 70.5 Å². The van der Waals surface area contributed by atoms with E-state index in [1.807, 2.05) is 60.8 Å². The third-order valence-corrected chi connectivity index (χ3v) is 5.65. The van der Waals surface area contributed by atoms with Gasteiger partial charge in [0.05, 0.1) is 17.6 Å². The van der Waals surface area contributed by atoms with Gasteiger partial charge in [-0.05, 0) is 60.2 Å². The van der Waals surface area contributed by atoms with Crippen LogP contribution in [-0.2, 0) is 0 Å². The molecule has 0 amide bonds. The summed E-state index contributed by atoms with van der Waals surface area (Å²) in [5, 5.41) is 6.62. The van der Waals surface area contributed by atoms with E-state index in [0.29, 0.717) is 0 Å². The van der Waals surface area contributed by atoms with E-state index in [9.17, 15) is 0 Å². The van der Waals surface area contributed by atoms with Gasteiger partial charge in [0.15, 0.2) is 0 Å². The molecule has 0 radical (unpaired) electrons. The van der Waals surface area contributed by atoms with Crippen molar-refractivity contribution in [3.8, 4) is 22.9 Å². The van der Waals surface area contributed by atoms with Gasteiger partial charge < -0.3 is 15.0 Å². The second-order valence-electron chi connectivity index (χ2n) is 7.81. The van der Waals surface area contributed by atoms with E-state index in [1.165, 1.54) is 0 Å². The van der Waals surface area contributed by atoms with Crippen LogP contribution < -0.4 is 15.4 Å². The Morgan fingerprint density at radius 3 is 2.38 bits per heavy atom. The van der Waals surface area contributed by atoms with Crippen LogP contribution in [0.5, 0.6) is 11.5 Å². The number of imidazole rings is 1. The van der Waals surface area contributed by atoms with Crippen molar-refractivity contribution in [3.05, 3.63) is 77.9 Å². The first kappa shape index (κ1) is 18.8. The number of nitrogens with one attached hydrogen (secondary N) is 3. The quantitative estimate of drug-likeness (QED) is 0.453. The minimum absolute atomic E-state index is 0.0469. The van der Waals surface area contributed by atoms with Crippen molar-refractivity contribution in [2.45, 2.75) is 6.17 Å². The highest BCUT2D eigenvalue weighted by Crippen LogP contribution is 2.27. The second kappa shape index (κ2) is 7.94. The zero-order chi connectivity index (χ0) is 21.3. The summed E-state index contributed by atoms with van der Waals surface area (Å²) in [4.78, 5) is 17.1. The van der Waals surface area contributed by atoms with Crippen LogP contribution in [0.1, 0.15) is 17.3 Å². The SMILES string of the molecule is C1=NC(c2ccc(Oc3ccc(-c4nc5ccc(C6=NCCN6)cc5[nH]4)cc3)cc2)NC1. The molecule has 4 aromatic rings. The van der Waals surface area contributed by atoms with Crippen LogP contribution in [-0.4, -0.2) is 41.7 Å². The molecule has 0 saturated carbocycles. The molecular formula is C25H22N6O. The van der Waals surface area contributed by atoms with Crippen LogP contribution in [0.25, 0.3) is 22.4 Å². The molecule has 0 spiro atoms. The summed E-state index contributed by atoms with van der Waals surface area (Å²) in [7, 11) is 0. The molecular weight excluding hydrogens is 400 g/mol. The van der Waals surface area contributed by atoms with E-state index in [4.69, 9.17) is 9.72 Å². The van der Waals surface area contributed by atoms with E-state index in [1.54, 1.807) is 0 Å². The number of hydrogen-bond donors (Lipinski definition) is 3. The van der Waals surface area contributed by atoms with Crippen LogP contribution in [0.3, 0.4) is 0 Å². The monoisotopic (exact) mass is 422 g/mol. The van der Waals surface area contributed by atoms with Crippen LogP contribution >= 0.6 is 0 Å². The van der Waals surface area contributed by atoms with Gasteiger partial charge in [-0.1, -0.05) is 12.1 Å². The lowest BCUT2D eigenvalue weighted by Crippen LogP contribution is -2.19. The second-order valence-corrected chi connectivity index (χ2v) is 7.81. The zero-order valence-electron chi connectivity index (χ0n) is 17.4. The molecule has 1 atom stereocenters. The number of aromatic nitrogens is 2. The van der Waals surface area contributed by atoms with Crippen LogP contribution in [0.2, 0.25) is 0 Å². The highest BCUT2D eigenvalue weighted by Gasteiger charge is 2.13. The normalized spacial score (nSPS) is 17.5. The van der Waals surface area contributed by atoms with Crippen LogP contribution in [0.15, 0.2) is 76.7 Å². The van der Waals surface area contributed by atoms with Crippen molar-refractivity contribution in [3.63, 3.8) is 0 Å². The number of fused-ring (bicyclic) bond motifs is 1. The van der Waals surface area contributed by atoms with Gasteiger partial charge in [-0.3, -0.25) is 15.3 Å². The Morgan fingerprint density at radius 2 is 1.66 bits per heavy atom. The highest BCUT2D eigenvalue weighted by molar-refractivity contribution is 6.02. The molecule has 3 heterocycles. The largest absolute Gasteiger partial charge is 0.457 e. The van der Waals surface area contributed by atoms with Gasteiger partial charge in [0.2, 0.25) is 0 Å². The summed E-state index contributed by atoms with van der Waals surface area (Å²) in [5.41, 5.74) is 5.15. The molecule has 6 rings (SSSR count). The van der Waals surface area contributed by atoms with Gasteiger partial charge in [0, 0.05) is 30.4 Å². The number of rotatable bonds is 5. The maximum absolute atomic E-state index is 6.01. The first-order valence-corrected chi connectivity index (χ1v) is 10.7. The number of benzene rings is 3. The summed E-state index contributed by atoms with van der Waals surface area (Å²) < 4.78 is 6.01. The number of hydrogen-bond acceptors (Lipinski definition) is 6. The molecule has 3 N–H and O–H groups in total. The van der Waals surface area contributed by atoms with Gasteiger partial charge in [0.1, 0.15) is 29.3 Å². The molecule has 7 nitrogen and oxygen atoms in total. The Morgan fingerprint density at radius 1 is 0.875 bits per heavy atom. The zero-order valence-corrected chi connectivity index (χ0v) is 17.4. The van der Waals surface area contributed by atoms with Crippen molar-refractivity contribution in [1.82, 2.24) is 20.6 Å². The minimum atomic E-state index is 0.0469. The molecule has 7 heteroatoms. The fraction of sp³-hybridized carbons (Fsp3) is 0.160. The van der Waals surface area contributed by atoms with E-state index in [2.05, 4.69) is 37.7 Å². The van der Waals surface area contributed by atoms with Crippen LogP contribution in [0, 0.1) is 0 Å². The number of amidine groups is 1. The summed E-state index contributed by atoms with van der Waals surface area (Å²) in [6, 6.07) is 22.2. The Bertz CT molecular complexity index is 1320. The summed E-state index contributed by atoms with van der Waals surface area (Å²) >= 11 is 0. The number of aromatic amines is 1. The van der Waals surface area contributed by atoms with Gasteiger partial charge >= 0.3 is 0 Å². The molecule has 0 bridgehead atoms. The first-order chi connectivity index (χ1) is 15.8. The molecule has 1 aromatic heterocycles. The maximum atomic E-state index is 6.01. The van der Waals surface area contributed by atoms with E-state index >= 15 is 0 Å². The van der Waals surface area contributed by atoms with Crippen molar-refractivity contribution < 1.29 is 4.74 Å². The predicted octanol–water partition coefficient (Wildman–Crippen LogP) is 4.04. The molecule has 158 valence electrons. The Hall–Kier alpha value is -3.97. The molecule has 2 aliphatic heterocycles. The third-order valence-electron chi connectivity index (χ3n) is 5.65. The minimum Gasteiger partial charge on any atom is -0.457 e. The lowest BCUT2D eigenvalue weighted by Gasteiger charge is -2.10. The molecule has 32 heavy (non-hydrogen) atoms. The van der Waals surface area contributed by atoms with Gasteiger partial charge in [-0.25, -0.2) is 4.98 Å². The van der Waals surface area contributed by atoms with Crippen molar-refractivity contribution >= 4 is 23.1 Å². The number of H-pyrrole nitrogens is 1. The molecule has 3 aromatic carbocycles.